The Morgan fingerprint density at radius 1 is 1.47 bits per heavy atom. The van der Waals surface area contributed by atoms with Crippen molar-refractivity contribution in [3.63, 3.8) is 0 Å². The van der Waals surface area contributed by atoms with E-state index in [0.717, 1.165) is 31.5 Å². The van der Waals surface area contributed by atoms with E-state index in [1.54, 1.807) is 0 Å². The van der Waals surface area contributed by atoms with Gasteiger partial charge >= 0.3 is 0 Å². The molecule has 1 aliphatic rings. The highest BCUT2D eigenvalue weighted by molar-refractivity contribution is 5.80. The lowest BCUT2D eigenvalue weighted by atomic mass is 10.0. The maximum atomic E-state index is 11.7. The SMILES string of the molecule is NCCCNC(=O)Cc1n[nH]c(=O)c2c1NCCC2. The van der Waals surface area contributed by atoms with Gasteiger partial charge < -0.3 is 16.4 Å². The van der Waals surface area contributed by atoms with Gasteiger partial charge in [0, 0.05) is 18.7 Å². The maximum Gasteiger partial charge on any atom is 0.269 e. The zero-order chi connectivity index (χ0) is 13.7. The van der Waals surface area contributed by atoms with E-state index in [9.17, 15) is 9.59 Å². The molecule has 0 radical (unpaired) electrons. The first-order valence-electron chi connectivity index (χ1n) is 6.53. The van der Waals surface area contributed by atoms with Crippen molar-refractivity contribution < 1.29 is 4.79 Å². The lowest BCUT2D eigenvalue weighted by molar-refractivity contribution is -0.120. The van der Waals surface area contributed by atoms with Crippen molar-refractivity contribution in [1.29, 1.82) is 0 Å². The molecule has 1 amide bonds. The summed E-state index contributed by atoms with van der Waals surface area (Å²) in [6, 6.07) is 0. The van der Waals surface area contributed by atoms with Gasteiger partial charge in [0.1, 0.15) is 0 Å². The first-order chi connectivity index (χ1) is 9.22. The van der Waals surface area contributed by atoms with Crippen LogP contribution >= 0.6 is 0 Å². The molecule has 7 heteroatoms. The molecule has 0 fully saturated rings. The standard InChI is InChI=1S/C12H19N5O2/c13-4-2-6-14-10(18)7-9-11-8(3-1-5-15-11)12(19)17-16-9/h15H,1-7,13H2,(H,14,18)(H,17,19). The van der Waals surface area contributed by atoms with Crippen LogP contribution in [0.4, 0.5) is 5.69 Å². The van der Waals surface area contributed by atoms with Gasteiger partial charge in [-0.05, 0) is 25.8 Å². The molecule has 1 aliphatic heterocycles. The number of anilines is 1. The van der Waals surface area contributed by atoms with Crippen molar-refractivity contribution in [2.75, 3.05) is 25.0 Å². The molecule has 7 nitrogen and oxygen atoms in total. The summed E-state index contributed by atoms with van der Waals surface area (Å²) in [5.41, 5.74) is 7.21. The van der Waals surface area contributed by atoms with Gasteiger partial charge in [0.25, 0.3) is 5.56 Å². The summed E-state index contributed by atoms with van der Waals surface area (Å²) in [6.07, 6.45) is 2.56. The van der Waals surface area contributed by atoms with Crippen molar-refractivity contribution in [3.05, 3.63) is 21.6 Å². The van der Waals surface area contributed by atoms with Crippen LogP contribution in [0.5, 0.6) is 0 Å². The number of aromatic nitrogens is 2. The fourth-order valence-electron chi connectivity index (χ4n) is 2.13. The molecule has 0 bridgehead atoms. The molecular weight excluding hydrogens is 246 g/mol. The van der Waals surface area contributed by atoms with E-state index in [-0.39, 0.29) is 17.9 Å². The van der Waals surface area contributed by atoms with E-state index in [0.29, 0.717) is 24.3 Å². The van der Waals surface area contributed by atoms with Crippen LogP contribution in [0.25, 0.3) is 0 Å². The molecule has 1 aromatic heterocycles. The number of carbonyl (C=O) groups is 1. The van der Waals surface area contributed by atoms with Crippen LogP contribution in [0, 0.1) is 0 Å². The second-order valence-electron chi connectivity index (χ2n) is 4.55. The fraction of sp³-hybridized carbons (Fsp3) is 0.583. The van der Waals surface area contributed by atoms with E-state index < -0.39 is 0 Å². The van der Waals surface area contributed by atoms with Crippen LogP contribution in [0.1, 0.15) is 24.1 Å². The lowest BCUT2D eigenvalue weighted by Crippen LogP contribution is -2.30. The Labute approximate surface area is 111 Å². The van der Waals surface area contributed by atoms with Crippen LogP contribution in [0.15, 0.2) is 4.79 Å². The Kier molecular flexibility index (Phi) is 4.51. The number of hydrogen-bond donors (Lipinski definition) is 4. The van der Waals surface area contributed by atoms with Gasteiger partial charge in [-0.1, -0.05) is 0 Å². The Hall–Kier alpha value is -1.89. The zero-order valence-corrected chi connectivity index (χ0v) is 10.8. The number of aromatic amines is 1. The molecule has 0 aliphatic carbocycles. The van der Waals surface area contributed by atoms with Gasteiger partial charge in [-0.2, -0.15) is 5.10 Å². The van der Waals surface area contributed by atoms with Gasteiger partial charge in [-0.25, -0.2) is 5.10 Å². The molecule has 2 rings (SSSR count). The van der Waals surface area contributed by atoms with Crippen LogP contribution in [-0.2, 0) is 17.6 Å². The van der Waals surface area contributed by atoms with Crippen LogP contribution in [0.3, 0.4) is 0 Å². The van der Waals surface area contributed by atoms with Gasteiger partial charge in [0.15, 0.2) is 0 Å². The third-order valence-electron chi connectivity index (χ3n) is 3.09. The van der Waals surface area contributed by atoms with E-state index in [1.807, 2.05) is 0 Å². The van der Waals surface area contributed by atoms with Gasteiger partial charge in [0.2, 0.25) is 5.91 Å². The second kappa shape index (κ2) is 6.33. The average Bonchev–Trinajstić information content (AvgIpc) is 2.43. The summed E-state index contributed by atoms with van der Waals surface area (Å²) in [7, 11) is 0. The molecule has 19 heavy (non-hydrogen) atoms. The highest BCUT2D eigenvalue weighted by Gasteiger charge is 2.18. The lowest BCUT2D eigenvalue weighted by Gasteiger charge is -2.19. The molecule has 2 heterocycles. The molecule has 0 saturated heterocycles. The molecule has 5 N–H and O–H groups in total. The normalized spacial score (nSPS) is 13.5. The van der Waals surface area contributed by atoms with E-state index in [1.165, 1.54) is 0 Å². The van der Waals surface area contributed by atoms with Crippen molar-refractivity contribution in [2.45, 2.75) is 25.7 Å². The third kappa shape index (κ3) is 3.31. The van der Waals surface area contributed by atoms with Crippen molar-refractivity contribution in [3.8, 4) is 0 Å². The van der Waals surface area contributed by atoms with Gasteiger partial charge in [0.05, 0.1) is 17.8 Å². The second-order valence-corrected chi connectivity index (χ2v) is 4.55. The first kappa shape index (κ1) is 13.5. The summed E-state index contributed by atoms with van der Waals surface area (Å²) in [4.78, 5) is 23.4. The van der Waals surface area contributed by atoms with Crippen molar-refractivity contribution >= 4 is 11.6 Å². The number of nitrogens with two attached hydrogens (primary N) is 1. The molecular formula is C12H19N5O2. The Morgan fingerprint density at radius 2 is 2.32 bits per heavy atom. The summed E-state index contributed by atoms with van der Waals surface area (Å²) in [5, 5.41) is 12.4. The molecule has 0 atom stereocenters. The van der Waals surface area contributed by atoms with Gasteiger partial charge in [-0.15, -0.1) is 0 Å². The molecule has 1 aromatic rings. The van der Waals surface area contributed by atoms with Crippen LogP contribution in [-0.4, -0.2) is 35.7 Å². The summed E-state index contributed by atoms with van der Waals surface area (Å²) < 4.78 is 0. The minimum atomic E-state index is -0.172. The molecule has 104 valence electrons. The predicted octanol–water partition coefficient (Wildman–Crippen LogP) is -0.864. The number of carbonyl (C=O) groups excluding carboxylic acids is 1. The molecule has 0 unspecified atom stereocenters. The Bertz CT molecular complexity index is 511. The molecule has 0 aromatic carbocycles. The maximum absolute atomic E-state index is 11.7. The van der Waals surface area contributed by atoms with E-state index in [4.69, 9.17) is 5.73 Å². The number of nitrogens with one attached hydrogen (secondary N) is 3. The van der Waals surface area contributed by atoms with Crippen LogP contribution < -0.4 is 21.9 Å². The molecule has 0 spiro atoms. The number of H-pyrrole nitrogens is 1. The number of fused-ring (bicyclic) bond motifs is 1. The van der Waals surface area contributed by atoms with Crippen LogP contribution in [0.2, 0.25) is 0 Å². The smallest absolute Gasteiger partial charge is 0.269 e. The van der Waals surface area contributed by atoms with E-state index in [2.05, 4.69) is 20.8 Å². The number of rotatable bonds is 5. The van der Waals surface area contributed by atoms with Crippen molar-refractivity contribution in [2.24, 2.45) is 5.73 Å². The largest absolute Gasteiger partial charge is 0.383 e. The fourth-order valence-corrected chi connectivity index (χ4v) is 2.13. The zero-order valence-electron chi connectivity index (χ0n) is 10.8. The van der Waals surface area contributed by atoms with E-state index >= 15 is 0 Å². The summed E-state index contributed by atoms with van der Waals surface area (Å²) >= 11 is 0. The van der Waals surface area contributed by atoms with Crippen molar-refractivity contribution in [1.82, 2.24) is 15.5 Å². The highest BCUT2D eigenvalue weighted by atomic mass is 16.1. The number of amides is 1. The first-order valence-corrected chi connectivity index (χ1v) is 6.53. The Morgan fingerprint density at radius 3 is 3.11 bits per heavy atom. The minimum Gasteiger partial charge on any atom is -0.383 e. The predicted molar refractivity (Wildman–Crippen MR) is 72.1 cm³/mol. The molecule has 0 saturated carbocycles. The highest BCUT2D eigenvalue weighted by Crippen LogP contribution is 2.21. The van der Waals surface area contributed by atoms with Gasteiger partial charge in [-0.3, -0.25) is 9.59 Å². The quantitative estimate of drug-likeness (QED) is 0.517. The summed E-state index contributed by atoms with van der Waals surface area (Å²) in [6.45, 7) is 1.92. The summed E-state index contributed by atoms with van der Waals surface area (Å²) in [5.74, 6) is -0.109. The average molecular weight is 265 g/mol. The minimum absolute atomic E-state index is 0.109. The Balaban J connectivity index is 2.08. The number of hydrogen-bond acceptors (Lipinski definition) is 5. The number of nitrogens with zero attached hydrogens (tertiary/aromatic N) is 1. The monoisotopic (exact) mass is 265 g/mol. The topological polar surface area (TPSA) is 113 Å². The third-order valence-corrected chi connectivity index (χ3v) is 3.09.